The Morgan fingerprint density at radius 2 is 2.40 bits per heavy atom. The number of hydrogen-bond donors (Lipinski definition) is 1. The Morgan fingerprint density at radius 3 is 3.13 bits per heavy atom. The third-order valence-corrected chi connectivity index (χ3v) is 2.77. The number of rotatable bonds is 2. The molecule has 1 N–H and O–H groups in total. The minimum atomic E-state index is -0.449. The quantitative estimate of drug-likeness (QED) is 0.849. The zero-order valence-electron chi connectivity index (χ0n) is 8.08. The predicted molar refractivity (Wildman–Crippen MR) is 57.6 cm³/mol. The van der Waals surface area contributed by atoms with E-state index in [1.54, 1.807) is 11.6 Å². The molecule has 2 aromatic rings. The van der Waals surface area contributed by atoms with Gasteiger partial charge in [-0.05, 0) is 19.1 Å². The molecule has 0 aliphatic heterocycles. The van der Waals surface area contributed by atoms with Gasteiger partial charge in [-0.3, -0.25) is 4.79 Å². The molecule has 0 saturated heterocycles. The summed E-state index contributed by atoms with van der Waals surface area (Å²) in [5, 5.41) is 2.62. The second-order valence-corrected chi connectivity index (χ2v) is 3.90. The van der Waals surface area contributed by atoms with Gasteiger partial charge < -0.3 is 5.32 Å². The van der Waals surface area contributed by atoms with Crippen molar-refractivity contribution < 1.29 is 9.18 Å². The Hall–Kier alpha value is -1.49. The fourth-order valence-electron chi connectivity index (χ4n) is 1.32. The molecule has 0 fully saturated rings. The molecule has 0 aliphatic carbocycles. The van der Waals surface area contributed by atoms with Gasteiger partial charge >= 0.3 is 0 Å². The van der Waals surface area contributed by atoms with Crippen LogP contribution in [0.1, 0.15) is 17.3 Å². The monoisotopic (exact) mass is 224 g/mol. The zero-order chi connectivity index (χ0) is 10.8. The van der Waals surface area contributed by atoms with Crippen LogP contribution in [0, 0.1) is 5.82 Å². The summed E-state index contributed by atoms with van der Waals surface area (Å²) in [6.07, 6.45) is 0. The van der Waals surface area contributed by atoms with Gasteiger partial charge in [0.2, 0.25) is 0 Å². The van der Waals surface area contributed by atoms with Crippen LogP contribution in [0.15, 0.2) is 17.6 Å². The number of benzene rings is 1. The lowest BCUT2D eigenvalue weighted by Gasteiger charge is -2.02. The first kappa shape index (κ1) is 10.0. The summed E-state index contributed by atoms with van der Waals surface area (Å²) in [6.45, 7) is 2.35. The van der Waals surface area contributed by atoms with Crippen LogP contribution in [0.4, 0.5) is 4.39 Å². The van der Waals surface area contributed by atoms with Crippen molar-refractivity contribution in [1.82, 2.24) is 10.3 Å². The highest BCUT2D eigenvalue weighted by Gasteiger charge is 2.10. The van der Waals surface area contributed by atoms with Crippen molar-refractivity contribution in [1.29, 1.82) is 0 Å². The van der Waals surface area contributed by atoms with Crippen molar-refractivity contribution in [3.63, 3.8) is 0 Å². The highest BCUT2D eigenvalue weighted by molar-refractivity contribution is 7.16. The van der Waals surface area contributed by atoms with Crippen LogP contribution in [0.5, 0.6) is 0 Å². The number of hydrogen-bond acceptors (Lipinski definition) is 3. The van der Waals surface area contributed by atoms with E-state index in [1.807, 2.05) is 6.92 Å². The molecular formula is C10H9FN2OS. The Balaban J connectivity index is 2.49. The van der Waals surface area contributed by atoms with Crippen LogP contribution in [-0.2, 0) is 0 Å². The molecule has 1 aromatic carbocycles. The molecule has 0 atom stereocenters. The maximum atomic E-state index is 13.4. The van der Waals surface area contributed by atoms with Gasteiger partial charge in [-0.1, -0.05) is 0 Å². The van der Waals surface area contributed by atoms with E-state index in [0.717, 1.165) is 0 Å². The van der Waals surface area contributed by atoms with Crippen LogP contribution < -0.4 is 5.32 Å². The van der Waals surface area contributed by atoms with Gasteiger partial charge in [0, 0.05) is 12.1 Å². The molecule has 0 unspecified atom stereocenters. The van der Waals surface area contributed by atoms with Gasteiger partial charge in [0.25, 0.3) is 5.91 Å². The number of halogens is 1. The van der Waals surface area contributed by atoms with E-state index >= 15 is 0 Å². The summed E-state index contributed by atoms with van der Waals surface area (Å²) in [6, 6.07) is 2.87. The lowest BCUT2D eigenvalue weighted by Crippen LogP contribution is -2.22. The fraction of sp³-hybridized carbons (Fsp3) is 0.200. The van der Waals surface area contributed by atoms with E-state index < -0.39 is 5.82 Å². The van der Waals surface area contributed by atoms with Crippen molar-refractivity contribution >= 4 is 27.5 Å². The van der Waals surface area contributed by atoms with Crippen LogP contribution in [0.2, 0.25) is 0 Å². The summed E-state index contributed by atoms with van der Waals surface area (Å²) in [5.74, 6) is -0.707. The first-order valence-corrected chi connectivity index (χ1v) is 5.41. The summed E-state index contributed by atoms with van der Waals surface area (Å²) in [5.41, 5.74) is 2.23. The van der Waals surface area contributed by atoms with Gasteiger partial charge in [-0.2, -0.15) is 0 Å². The molecule has 1 aromatic heterocycles. The number of thiazole rings is 1. The smallest absolute Gasteiger partial charge is 0.251 e. The molecule has 2 rings (SSSR count). The minimum Gasteiger partial charge on any atom is -0.352 e. The molecule has 1 heterocycles. The molecular weight excluding hydrogens is 215 g/mol. The number of amides is 1. The van der Waals surface area contributed by atoms with Gasteiger partial charge in [0.1, 0.15) is 5.52 Å². The van der Waals surface area contributed by atoms with Gasteiger partial charge in [-0.25, -0.2) is 9.37 Å². The third-order valence-electron chi connectivity index (χ3n) is 1.99. The molecule has 0 saturated carbocycles. The summed E-state index contributed by atoms with van der Waals surface area (Å²) >= 11 is 1.32. The summed E-state index contributed by atoms with van der Waals surface area (Å²) in [4.78, 5) is 15.3. The lowest BCUT2D eigenvalue weighted by molar-refractivity contribution is 0.0955. The molecule has 5 heteroatoms. The molecule has 0 aliphatic rings. The standard InChI is InChI=1S/C10H9FN2OS/c1-2-12-10(14)6-3-7(11)9-8(4-6)15-5-13-9/h3-5H,2H2,1H3,(H,12,14). The van der Waals surface area contributed by atoms with Crippen molar-refractivity contribution in [3.05, 3.63) is 29.0 Å². The van der Waals surface area contributed by atoms with Crippen molar-refractivity contribution in [2.75, 3.05) is 6.54 Å². The fourth-order valence-corrected chi connectivity index (χ4v) is 2.05. The van der Waals surface area contributed by atoms with Crippen LogP contribution in [0.25, 0.3) is 10.2 Å². The molecule has 1 amide bonds. The predicted octanol–water partition coefficient (Wildman–Crippen LogP) is 2.19. The minimum absolute atomic E-state index is 0.258. The topological polar surface area (TPSA) is 42.0 Å². The van der Waals surface area contributed by atoms with Crippen LogP contribution in [0.3, 0.4) is 0 Å². The van der Waals surface area contributed by atoms with E-state index in [1.165, 1.54) is 17.4 Å². The van der Waals surface area contributed by atoms with Crippen molar-refractivity contribution in [2.24, 2.45) is 0 Å². The Kier molecular flexibility index (Phi) is 2.64. The van der Waals surface area contributed by atoms with E-state index in [0.29, 0.717) is 22.3 Å². The second kappa shape index (κ2) is 3.94. The molecule has 15 heavy (non-hydrogen) atoms. The number of carbonyl (C=O) groups is 1. The number of aromatic nitrogens is 1. The molecule has 78 valence electrons. The van der Waals surface area contributed by atoms with Gasteiger partial charge in [0.05, 0.1) is 10.2 Å². The Morgan fingerprint density at radius 1 is 1.60 bits per heavy atom. The zero-order valence-corrected chi connectivity index (χ0v) is 8.90. The highest BCUT2D eigenvalue weighted by atomic mass is 32.1. The first-order chi connectivity index (χ1) is 7.22. The molecule has 0 radical (unpaired) electrons. The maximum absolute atomic E-state index is 13.4. The van der Waals surface area contributed by atoms with Gasteiger partial charge in [-0.15, -0.1) is 11.3 Å². The van der Waals surface area contributed by atoms with E-state index in [2.05, 4.69) is 10.3 Å². The molecule has 0 spiro atoms. The average Bonchev–Trinajstić information content (AvgIpc) is 2.66. The Bertz CT molecular complexity index is 509. The van der Waals surface area contributed by atoms with Crippen molar-refractivity contribution in [3.8, 4) is 0 Å². The summed E-state index contributed by atoms with van der Waals surface area (Å²) < 4.78 is 14.1. The second-order valence-electron chi connectivity index (χ2n) is 3.02. The Labute approximate surface area is 89.9 Å². The molecule has 0 bridgehead atoms. The highest BCUT2D eigenvalue weighted by Crippen LogP contribution is 2.22. The molecule has 3 nitrogen and oxygen atoms in total. The third kappa shape index (κ3) is 1.83. The maximum Gasteiger partial charge on any atom is 0.251 e. The summed E-state index contributed by atoms with van der Waals surface area (Å²) in [7, 11) is 0. The number of fused-ring (bicyclic) bond motifs is 1. The van der Waals surface area contributed by atoms with Gasteiger partial charge in [0.15, 0.2) is 5.82 Å². The normalized spacial score (nSPS) is 10.5. The number of nitrogens with one attached hydrogen (secondary N) is 1. The van der Waals surface area contributed by atoms with Crippen LogP contribution >= 0.6 is 11.3 Å². The average molecular weight is 224 g/mol. The van der Waals surface area contributed by atoms with Crippen molar-refractivity contribution in [2.45, 2.75) is 6.92 Å². The van der Waals surface area contributed by atoms with E-state index in [4.69, 9.17) is 0 Å². The van der Waals surface area contributed by atoms with E-state index in [9.17, 15) is 9.18 Å². The SMILES string of the molecule is CCNC(=O)c1cc(F)c2ncsc2c1. The lowest BCUT2D eigenvalue weighted by atomic mass is 10.2. The van der Waals surface area contributed by atoms with E-state index in [-0.39, 0.29) is 5.91 Å². The van der Waals surface area contributed by atoms with Crippen LogP contribution in [-0.4, -0.2) is 17.4 Å². The number of carbonyl (C=O) groups excluding carboxylic acids is 1. The first-order valence-electron chi connectivity index (χ1n) is 4.53. The largest absolute Gasteiger partial charge is 0.352 e. The number of nitrogens with zero attached hydrogens (tertiary/aromatic N) is 1.